The minimum Gasteiger partial charge on any atom is -0.317 e. The smallest absolute Gasteiger partial charge is 0.317 e. The third kappa shape index (κ3) is 30.3. The summed E-state index contributed by atoms with van der Waals surface area (Å²) in [4.78, 5) is 9.08. The number of hydrogen-bond acceptors (Lipinski definition) is 4. The number of phosphoric acid groups is 1. The molecule has 0 bridgehead atoms. The summed E-state index contributed by atoms with van der Waals surface area (Å²) < 4.78 is 20.5. The van der Waals surface area contributed by atoms with Crippen molar-refractivity contribution in [2.45, 2.75) is 130 Å². The summed E-state index contributed by atoms with van der Waals surface area (Å²) in [7, 11) is -3.75. The van der Waals surface area contributed by atoms with Gasteiger partial charge in [-0.05, 0) is 38.8 Å². The second-order valence-corrected chi connectivity index (χ2v) is 9.58. The Balaban J connectivity index is 0. The first-order chi connectivity index (χ1) is 14.5. The van der Waals surface area contributed by atoms with Crippen molar-refractivity contribution in [3.05, 3.63) is 0 Å². The monoisotopic (exact) mass is 451 g/mol. The van der Waals surface area contributed by atoms with E-state index in [1.165, 1.54) is 90.1 Å². The van der Waals surface area contributed by atoms with E-state index in [1.807, 2.05) is 13.8 Å². The summed E-state index contributed by atoms with van der Waals surface area (Å²) in [6.45, 7) is 11.5. The van der Waals surface area contributed by atoms with Gasteiger partial charge in [0.25, 0.3) is 0 Å². The lowest BCUT2D eigenvalue weighted by molar-refractivity contribution is 0.146. The Hall–Kier alpha value is 0.0700. The van der Waals surface area contributed by atoms with E-state index in [9.17, 15) is 4.57 Å². The Morgan fingerprint density at radius 2 is 0.933 bits per heavy atom. The van der Waals surface area contributed by atoms with E-state index in [0.717, 1.165) is 25.7 Å². The van der Waals surface area contributed by atoms with Crippen molar-refractivity contribution in [3.8, 4) is 0 Å². The molecule has 0 aliphatic carbocycles. The van der Waals surface area contributed by atoms with Crippen LogP contribution in [0.5, 0.6) is 0 Å². The van der Waals surface area contributed by atoms with Crippen molar-refractivity contribution in [3.63, 3.8) is 0 Å². The highest BCUT2D eigenvalue weighted by Crippen LogP contribution is 2.43. The lowest BCUT2D eigenvalue weighted by atomic mass is 10.1. The lowest BCUT2D eigenvalue weighted by Gasteiger charge is -2.10. The topological polar surface area (TPSA) is 67.8 Å². The van der Waals surface area contributed by atoms with Gasteiger partial charge in [0.1, 0.15) is 0 Å². The zero-order chi connectivity index (χ0) is 22.8. The molecular weight excluding hydrogens is 397 g/mol. The average molecular weight is 452 g/mol. The van der Waals surface area contributed by atoms with E-state index in [4.69, 9.17) is 13.9 Å². The van der Waals surface area contributed by atoms with Crippen molar-refractivity contribution in [2.24, 2.45) is 0 Å². The van der Waals surface area contributed by atoms with Crippen LogP contribution in [0.15, 0.2) is 0 Å². The zero-order valence-electron chi connectivity index (χ0n) is 20.8. The van der Waals surface area contributed by atoms with Crippen molar-refractivity contribution in [2.75, 3.05) is 26.3 Å². The number of hydrogen-bond donors (Lipinski definition) is 2. The van der Waals surface area contributed by atoms with Crippen LogP contribution < -0.4 is 5.32 Å². The van der Waals surface area contributed by atoms with Crippen LogP contribution in [0.2, 0.25) is 0 Å². The second-order valence-electron chi connectivity index (χ2n) is 8.13. The molecule has 0 spiro atoms. The molecule has 0 saturated carbocycles. The third-order valence-electron chi connectivity index (χ3n) is 4.92. The molecule has 0 fully saturated rings. The van der Waals surface area contributed by atoms with Crippen LogP contribution in [0.3, 0.4) is 0 Å². The third-order valence-corrected chi connectivity index (χ3v) is 5.94. The fourth-order valence-corrected chi connectivity index (χ4v) is 3.64. The van der Waals surface area contributed by atoms with Gasteiger partial charge >= 0.3 is 7.82 Å². The summed E-state index contributed by atoms with van der Waals surface area (Å²) >= 11 is 0. The summed E-state index contributed by atoms with van der Waals surface area (Å²) in [5.74, 6) is 0. The molecule has 0 saturated heterocycles. The van der Waals surface area contributed by atoms with Gasteiger partial charge in [0, 0.05) is 0 Å². The highest BCUT2D eigenvalue weighted by Gasteiger charge is 2.19. The first-order valence-corrected chi connectivity index (χ1v) is 14.4. The molecule has 2 N–H and O–H groups in total. The van der Waals surface area contributed by atoms with Crippen LogP contribution in [-0.2, 0) is 13.6 Å². The lowest BCUT2D eigenvalue weighted by Crippen LogP contribution is -2.16. The molecule has 0 amide bonds. The van der Waals surface area contributed by atoms with E-state index in [-0.39, 0.29) is 13.2 Å². The largest absolute Gasteiger partial charge is 0.472 e. The van der Waals surface area contributed by atoms with Crippen LogP contribution in [0.4, 0.5) is 0 Å². The number of unbranched alkanes of at least 4 members (excludes halogenated alkanes) is 12. The fraction of sp³-hybridized carbons (Fsp3) is 1.00. The van der Waals surface area contributed by atoms with Gasteiger partial charge in [-0.25, -0.2) is 4.57 Å². The minimum absolute atomic E-state index is 0.288. The highest BCUT2D eigenvalue weighted by molar-refractivity contribution is 7.47. The van der Waals surface area contributed by atoms with E-state index in [2.05, 4.69) is 19.2 Å². The average Bonchev–Trinajstić information content (AvgIpc) is 2.72. The fourth-order valence-electron chi connectivity index (χ4n) is 2.85. The number of phosphoric ester groups is 1. The van der Waals surface area contributed by atoms with Crippen LogP contribution in [0.25, 0.3) is 0 Å². The van der Waals surface area contributed by atoms with E-state index in [1.54, 1.807) is 0 Å². The molecule has 0 aromatic rings. The highest BCUT2D eigenvalue weighted by atomic mass is 31.2. The summed E-state index contributed by atoms with van der Waals surface area (Å²) in [5, 5.41) is 3.51. The SMILES string of the molecule is CCCCCCCCCCCCNCCCC.CCCCOP(=O)(O)OCCCC. The molecule has 0 aromatic carbocycles. The quantitative estimate of drug-likeness (QED) is 0.129. The normalized spacial score (nSPS) is 11.4. The zero-order valence-corrected chi connectivity index (χ0v) is 21.7. The molecule has 30 heavy (non-hydrogen) atoms. The molecule has 5 nitrogen and oxygen atoms in total. The molecule has 0 unspecified atom stereocenters. The molecule has 0 radical (unpaired) electrons. The van der Waals surface area contributed by atoms with Crippen molar-refractivity contribution < 1.29 is 18.5 Å². The molecule has 0 aliphatic rings. The maximum absolute atomic E-state index is 11.1. The van der Waals surface area contributed by atoms with Crippen molar-refractivity contribution in [1.29, 1.82) is 0 Å². The molecule has 184 valence electrons. The molecule has 0 aliphatic heterocycles. The van der Waals surface area contributed by atoms with Gasteiger partial charge in [0.15, 0.2) is 0 Å². The van der Waals surface area contributed by atoms with Crippen LogP contribution in [0.1, 0.15) is 130 Å². The maximum atomic E-state index is 11.1. The van der Waals surface area contributed by atoms with Gasteiger partial charge in [-0.1, -0.05) is 105 Å². The van der Waals surface area contributed by atoms with E-state index < -0.39 is 7.82 Å². The van der Waals surface area contributed by atoms with Crippen LogP contribution >= 0.6 is 7.82 Å². The standard InChI is InChI=1S/C16H35N.C8H19O4P/c1-3-5-7-8-9-10-11-12-13-14-16-17-15-6-4-2;1-3-5-7-11-13(9,10)12-8-6-4-2/h17H,3-16H2,1-2H3;3-8H2,1-2H3,(H,9,10). The van der Waals surface area contributed by atoms with E-state index >= 15 is 0 Å². The van der Waals surface area contributed by atoms with Gasteiger partial charge in [-0.15, -0.1) is 0 Å². The van der Waals surface area contributed by atoms with Gasteiger partial charge in [-0.2, -0.15) is 0 Å². The Morgan fingerprint density at radius 3 is 1.37 bits per heavy atom. The Bertz CT molecular complexity index is 328. The van der Waals surface area contributed by atoms with Crippen molar-refractivity contribution in [1.82, 2.24) is 5.32 Å². The minimum atomic E-state index is -3.75. The number of rotatable bonds is 22. The number of nitrogens with one attached hydrogen (secondary N) is 1. The predicted molar refractivity (Wildman–Crippen MR) is 131 cm³/mol. The van der Waals surface area contributed by atoms with E-state index in [0.29, 0.717) is 0 Å². The molecule has 0 atom stereocenters. The predicted octanol–water partition coefficient (Wildman–Crippen LogP) is 8.02. The molecule has 0 aromatic heterocycles. The second kappa shape index (κ2) is 27.1. The molecule has 0 heterocycles. The Morgan fingerprint density at radius 1 is 0.567 bits per heavy atom. The van der Waals surface area contributed by atoms with Gasteiger partial charge < -0.3 is 10.2 Å². The molecular formula is C24H54NO4P. The summed E-state index contributed by atoms with van der Waals surface area (Å²) in [5.41, 5.74) is 0. The molecule has 6 heteroatoms. The van der Waals surface area contributed by atoms with Crippen molar-refractivity contribution >= 4 is 7.82 Å². The van der Waals surface area contributed by atoms with Crippen LogP contribution in [-0.4, -0.2) is 31.2 Å². The first-order valence-electron chi connectivity index (χ1n) is 12.9. The first kappa shape index (κ1) is 32.3. The summed E-state index contributed by atoms with van der Waals surface area (Å²) in [6.07, 6.45) is 20.4. The summed E-state index contributed by atoms with van der Waals surface area (Å²) in [6, 6.07) is 0. The van der Waals surface area contributed by atoms with Crippen LogP contribution in [0, 0.1) is 0 Å². The van der Waals surface area contributed by atoms with Gasteiger partial charge in [0.05, 0.1) is 13.2 Å². The maximum Gasteiger partial charge on any atom is 0.472 e. The molecule has 0 rings (SSSR count). The Kier molecular flexibility index (Phi) is 29.1. The van der Waals surface area contributed by atoms with Gasteiger partial charge in [0.2, 0.25) is 0 Å². The van der Waals surface area contributed by atoms with Gasteiger partial charge in [-0.3, -0.25) is 9.05 Å². The Labute approximate surface area is 188 Å².